The van der Waals surface area contributed by atoms with Gasteiger partial charge in [0.25, 0.3) is 5.91 Å². The molecule has 0 radical (unpaired) electrons. The molecular weight excluding hydrogens is 282 g/mol. The standard InChI is InChI=1S/C16H21N3O3/c1-5-6-11-9-14(19(2)18-11)16(20)17-13-8-7-12(21-3)10-15(13)22-4/h7-10H,5-6H2,1-4H3,(H,17,20). The minimum absolute atomic E-state index is 0.221. The molecule has 0 aliphatic heterocycles. The number of hydrogen-bond acceptors (Lipinski definition) is 4. The van der Waals surface area contributed by atoms with Gasteiger partial charge in [-0.3, -0.25) is 9.48 Å². The van der Waals surface area contributed by atoms with Gasteiger partial charge >= 0.3 is 0 Å². The van der Waals surface area contributed by atoms with Gasteiger partial charge in [0.2, 0.25) is 0 Å². The predicted octanol–water partition coefficient (Wildman–Crippen LogP) is 2.64. The summed E-state index contributed by atoms with van der Waals surface area (Å²) in [4.78, 5) is 12.4. The molecule has 118 valence electrons. The number of rotatable bonds is 6. The van der Waals surface area contributed by atoms with Crippen molar-refractivity contribution in [1.82, 2.24) is 9.78 Å². The first-order valence-corrected chi connectivity index (χ1v) is 7.15. The zero-order valence-corrected chi connectivity index (χ0v) is 13.3. The van der Waals surface area contributed by atoms with E-state index in [0.29, 0.717) is 22.9 Å². The Morgan fingerprint density at radius 3 is 2.68 bits per heavy atom. The van der Waals surface area contributed by atoms with Crippen molar-refractivity contribution >= 4 is 11.6 Å². The average Bonchev–Trinajstić information content (AvgIpc) is 2.88. The number of anilines is 1. The minimum Gasteiger partial charge on any atom is -0.497 e. The van der Waals surface area contributed by atoms with Crippen LogP contribution in [0.3, 0.4) is 0 Å². The molecule has 2 rings (SSSR count). The number of carbonyl (C=O) groups excluding carboxylic acids is 1. The van der Waals surface area contributed by atoms with E-state index in [1.165, 1.54) is 0 Å². The third kappa shape index (κ3) is 3.39. The van der Waals surface area contributed by atoms with Crippen molar-refractivity contribution in [2.75, 3.05) is 19.5 Å². The van der Waals surface area contributed by atoms with Crippen LogP contribution in [0.4, 0.5) is 5.69 Å². The summed E-state index contributed by atoms with van der Waals surface area (Å²) in [5.74, 6) is 0.991. The number of aryl methyl sites for hydroxylation is 2. The summed E-state index contributed by atoms with van der Waals surface area (Å²) in [5.41, 5.74) is 2.02. The van der Waals surface area contributed by atoms with Crippen molar-refractivity contribution in [3.8, 4) is 11.5 Å². The zero-order valence-electron chi connectivity index (χ0n) is 13.3. The van der Waals surface area contributed by atoms with Crippen molar-refractivity contribution in [3.05, 3.63) is 35.7 Å². The number of benzene rings is 1. The molecule has 6 heteroatoms. The molecule has 0 spiro atoms. The van der Waals surface area contributed by atoms with Crippen LogP contribution in [0.1, 0.15) is 29.5 Å². The van der Waals surface area contributed by atoms with Gasteiger partial charge in [-0.2, -0.15) is 5.10 Å². The van der Waals surface area contributed by atoms with Crippen LogP contribution in [0.15, 0.2) is 24.3 Å². The number of nitrogens with one attached hydrogen (secondary N) is 1. The van der Waals surface area contributed by atoms with Gasteiger partial charge in [-0.15, -0.1) is 0 Å². The van der Waals surface area contributed by atoms with Crippen molar-refractivity contribution < 1.29 is 14.3 Å². The van der Waals surface area contributed by atoms with Gasteiger partial charge in [0.15, 0.2) is 0 Å². The highest BCUT2D eigenvalue weighted by Crippen LogP contribution is 2.29. The lowest BCUT2D eigenvalue weighted by Crippen LogP contribution is -2.16. The minimum atomic E-state index is -0.221. The smallest absolute Gasteiger partial charge is 0.274 e. The van der Waals surface area contributed by atoms with Crippen LogP contribution in [0.5, 0.6) is 11.5 Å². The van der Waals surface area contributed by atoms with Gasteiger partial charge in [0, 0.05) is 13.1 Å². The molecule has 0 aliphatic rings. The fraction of sp³-hybridized carbons (Fsp3) is 0.375. The van der Waals surface area contributed by atoms with Crippen molar-refractivity contribution in [1.29, 1.82) is 0 Å². The first-order chi connectivity index (χ1) is 10.6. The fourth-order valence-corrected chi connectivity index (χ4v) is 2.21. The zero-order chi connectivity index (χ0) is 16.1. The molecule has 1 N–H and O–H groups in total. The molecule has 1 heterocycles. The van der Waals surface area contributed by atoms with E-state index in [4.69, 9.17) is 9.47 Å². The molecule has 0 aliphatic carbocycles. The molecule has 0 fully saturated rings. The summed E-state index contributed by atoms with van der Waals surface area (Å²) in [7, 11) is 4.89. The van der Waals surface area contributed by atoms with Crippen LogP contribution in [0, 0.1) is 0 Å². The predicted molar refractivity (Wildman–Crippen MR) is 84.7 cm³/mol. The van der Waals surface area contributed by atoms with Gasteiger partial charge in [0.05, 0.1) is 25.6 Å². The maximum Gasteiger partial charge on any atom is 0.274 e. The van der Waals surface area contributed by atoms with Crippen LogP contribution >= 0.6 is 0 Å². The van der Waals surface area contributed by atoms with Crippen LogP contribution in [-0.2, 0) is 13.5 Å². The number of hydrogen-bond donors (Lipinski definition) is 1. The maximum atomic E-state index is 12.4. The monoisotopic (exact) mass is 303 g/mol. The first-order valence-electron chi connectivity index (χ1n) is 7.15. The second-order valence-corrected chi connectivity index (χ2v) is 4.91. The Hall–Kier alpha value is -2.50. The van der Waals surface area contributed by atoms with E-state index < -0.39 is 0 Å². The van der Waals surface area contributed by atoms with Gasteiger partial charge < -0.3 is 14.8 Å². The molecule has 0 unspecified atom stereocenters. The molecule has 22 heavy (non-hydrogen) atoms. The molecule has 0 atom stereocenters. The third-order valence-corrected chi connectivity index (χ3v) is 3.33. The highest BCUT2D eigenvalue weighted by atomic mass is 16.5. The number of carbonyl (C=O) groups is 1. The number of nitrogens with zero attached hydrogens (tertiary/aromatic N) is 2. The molecule has 2 aromatic rings. The summed E-state index contributed by atoms with van der Waals surface area (Å²) < 4.78 is 12.0. The molecule has 1 aromatic carbocycles. The summed E-state index contributed by atoms with van der Waals surface area (Å²) in [5, 5.41) is 7.18. The van der Waals surface area contributed by atoms with Crippen LogP contribution in [0.2, 0.25) is 0 Å². The molecule has 1 amide bonds. The fourth-order valence-electron chi connectivity index (χ4n) is 2.21. The van der Waals surface area contributed by atoms with E-state index in [0.717, 1.165) is 18.5 Å². The Bertz CT molecular complexity index is 665. The van der Waals surface area contributed by atoms with Gasteiger partial charge in [-0.25, -0.2) is 0 Å². The second-order valence-electron chi connectivity index (χ2n) is 4.91. The SMILES string of the molecule is CCCc1cc(C(=O)Nc2ccc(OC)cc2OC)n(C)n1. The molecule has 0 bridgehead atoms. The van der Waals surface area contributed by atoms with Crippen molar-refractivity contribution in [2.24, 2.45) is 7.05 Å². The van der Waals surface area contributed by atoms with Gasteiger partial charge in [0.1, 0.15) is 17.2 Å². The molecule has 0 saturated heterocycles. The summed E-state index contributed by atoms with van der Waals surface area (Å²) in [6.45, 7) is 2.08. The number of amides is 1. The lowest BCUT2D eigenvalue weighted by Gasteiger charge is -2.11. The first kappa shape index (κ1) is 15.9. The van der Waals surface area contributed by atoms with Crippen molar-refractivity contribution in [3.63, 3.8) is 0 Å². The third-order valence-electron chi connectivity index (χ3n) is 3.33. The number of aromatic nitrogens is 2. The quantitative estimate of drug-likeness (QED) is 0.891. The highest BCUT2D eigenvalue weighted by molar-refractivity contribution is 6.04. The largest absolute Gasteiger partial charge is 0.497 e. The highest BCUT2D eigenvalue weighted by Gasteiger charge is 2.15. The summed E-state index contributed by atoms with van der Waals surface area (Å²) in [6.07, 6.45) is 1.84. The Morgan fingerprint density at radius 1 is 1.27 bits per heavy atom. The number of ether oxygens (including phenoxy) is 2. The van der Waals surface area contributed by atoms with Gasteiger partial charge in [-0.05, 0) is 24.6 Å². The van der Waals surface area contributed by atoms with Crippen LogP contribution in [-0.4, -0.2) is 29.9 Å². The Balaban J connectivity index is 2.21. The molecular formula is C16H21N3O3. The molecule has 1 aromatic heterocycles. The van der Waals surface area contributed by atoms with Crippen LogP contribution < -0.4 is 14.8 Å². The van der Waals surface area contributed by atoms with E-state index in [-0.39, 0.29) is 5.91 Å². The van der Waals surface area contributed by atoms with E-state index in [1.807, 2.05) is 6.07 Å². The lowest BCUT2D eigenvalue weighted by atomic mass is 10.2. The van der Waals surface area contributed by atoms with Crippen LogP contribution in [0.25, 0.3) is 0 Å². The lowest BCUT2D eigenvalue weighted by molar-refractivity contribution is 0.101. The van der Waals surface area contributed by atoms with E-state index in [9.17, 15) is 4.79 Å². The van der Waals surface area contributed by atoms with Gasteiger partial charge in [-0.1, -0.05) is 13.3 Å². The average molecular weight is 303 g/mol. The number of methoxy groups -OCH3 is 2. The topological polar surface area (TPSA) is 65.4 Å². The normalized spacial score (nSPS) is 10.4. The Kier molecular flexibility index (Phi) is 5.04. The summed E-state index contributed by atoms with van der Waals surface area (Å²) in [6, 6.07) is 7.05. The maximum absolute atomic E-state index is 12.4. The van der Waals surface area contributed by atoms with E-state index >= 15 is 0 Å². The molecule has 6 nitrogen and oxygen atoms in total. The summed E-state index contributed by atoms with van der Waals surface area (Å²) >= 11 is 0. The molecule has 0 saturated carbocycles. The second kappa shape index (κ2) is 6.98. The van der Waals surface area contributed by atoms with E-state index in [2.05, 4.69) is 17.3 Å². The Morgan fingerprint density at radius 2 is 2.05 bits per heavy atom. The van der Waals surface area contributed by atoms with Crippen molar-refractivity contribution in [2.45, 2.75) is 19.8 Å². The Labute approximate surface area is 130 Å². The van der Waals surface area contributed by atoms with E-state index in [1.54, 1.807) is 44.1 Å².